The van der Waals surface area contributed by atoms with Gasteiger partial charge in [0.05, 0.1) is 17.6 Å². The van der Waals surface area contributed by atoms with Gasteiger partial charge in [-0.2, -0.15) is 0 Å². The predicted octanol–water partition coefficient (Wildman–Crippen LogP) is 1.81. The van der Waals surface area contributed by atoms with Crippen LogP contribution in [0, 0.1) is 13.8 Å². The average molecular weight is 250 g/mol. The first-order valence-corrected chi connectivity index (χ1v) is 6.08. The van der Waals surface area contributed by atoms with E-state index in [1.54, 1.807) is 13.1 Å². The second-order valence-corrected chi connectivity index (χ2v) is 5.53. The average Bonchev–Trinajstić information content (AvgIpc) is 2.21. The Labute approximate surface area is 108 Å². The van der Waals surface area contributed by atoms with Gasteiger partial charge in [-0.25, -0.2) is 4.98 Å². The fraction of sp³-hybridized carbons (Fsp3) is 0.615. The third-order valence-electron chi connectivity index (χ3n) is 2.45. The second kappa shape index (κ2) is 5.33. The maximum absolute atomic E-state index is 11.9. The maximum atomic E-state index is 11.9. The molecule has 1 unspecified atom stereocenters. The fourth-order valence-corrected chi connectivity index (χ4v) is 1.38. The lowest BCUT2D eigenvalue weighted by Gasteiger charge is -2.23. The van der Waals surface area contributed by atoms with E-state index in [1.807, 2.05) is 34.6 Å². The van der Waals surface area contributed by atoms with Gasteiger partial charge in [0, 0.05) is 5.54 Å². The highest BCUT2D eigenvalue weighted by atomic mass is 16.2. The molecule has 0 saturated heterocycles. The van der Waals surface area contributed by atoms with Crippen LogP contribution >= 0.6 is 0 Å². The van der Waals surface area contributed by atoms with Crippen LogP contribution in [-0.4, -0.2) is 27.5 Å². The Balaban J connectivity index is 2.66. The fourth-order valence-electron chi connectivity index (χ4n) is 1.38. The van der Waals surface area contributed by atoms with Crippen molar-refractivity contribution in [3.05, 3.63) is 17.6 Å². The van der Waals surface area contributed by atoms with Gasteiger partial charge in [0.15, 0.2) is 0 Å². The van der Waals surface area contributed by atoms with E-state index in [4.69, 9.17) is 0 Å². The van der Waals surface area contributed by atoms with Crippen molar-refractivity contribution in [3.8, 4) is 0 Å². The first-order chi connectivity index (χ1) is 8.19. The molecule has 0 aliphatic rings. The molecule has 0 aliphatic carbocycles. The van der Waals surface area contributed by atoms with E-state index in [2.05, 4.69) is 20.6 Å². The number of anilines is 1. The lowest BCUT2D eigenvalue weighted by atomic mass is 10.1. The topological polar surface area (TPSA) is 66.9 Å². The Morgan fingerprint density at radius 3 is 2.39 bits per heavy atom. The molecule has 1 aromatic rings. The van der Waals surface area contributed by atoms with Crippen LogP contribution in [0.25, 0.3) is 0 Å². The lowest BCUT2D eigenvalue weighted by Crippen LogP contribution is -2.47. The first-order valence-electron chi connectivity index (χ1n) is 6.08. The summed E-state index contributed by atoms with van der Waals surface area (Å²) >= 11 is 0. The number of nitrogens with zero attached hydrogens (tertiary/aromatic N) is 2. The Morgan fingerprint density at radius 1 is 1.28 bits per heavy atom. The van der Waals surface area contributed by atoms with Crippen LogP contribution in [0.5, 0.6) is 0 Å². The number of hydrogen-bond acceptors (Lipinski definition) is 4. The van der Waals surface area contributed by atoms with Gasteiger partial charge >= 0.3 is 0 Å². The zero-order valence-corrected chi connectivity index (χ0v) is 12.0. The van der Waals surface area contributed by atoms with E-state index < -0.39 is 0 Å². The number of nitrogens with one attached hydrogen (secondary N) is 2. The first kappa shape index (κ1) is 14.4. The number of carbonyl (C=O) groups excluding carboxylic acids is 1. The molecule has 2 N–H and O–H groups in total. The van der Waals surface area contributed by atoms with Crippen LogP contribution in [-0.2, 0) is 4.79 Å². The molecule has 100 valence electrons. The predicted molar refractivity (Wildman–Crippen MR) is 72.5 cm³/mol. The number of rotatable bonds is 3. The van der Waals surface area contributed by atoms with Crippen LogP contribution in [0.1, 0.15) is 39.1 Å². The third kappa shape index (κ3) is 4.31. The molecular formula is C13H22N4O. The van der Waals surface area contributed by atoms with Gasteiger partial charge in [-0.1, -0.05) is 0 Å². The number of aromatic nitrogens is 2. The minimum absolute atomic E-state index is 0.0532. The number of amides is 1. The van der Waals surface area contributed by atoms with Crippen LogP contribution in [0.15, 0.2) is 6.20 Å². The van der Waals surface area contributed by atoms with Gasteiger partial charge in [0.1, 0.15) is 11.9 Å². The van der Waals surface area contributed by atoms with Crippen molar-refractivity contribution in [2.75, 3.05) is 5.32 Å². The van der Waals surface area contributed by atoms with E-state index in [-0.39, 0.29) is 17.5 Å². The quantitative estimate of drug-likeness (QED) is 0.858. The molecule has 1 aromatic heterocycles. The maximum Gasteiger partial charge on any atom is 0.242 e. The van der Waals surface area contributed by atoms with Gasteiger partial charge in [0.2, 0.25) is 5.91 Å². The van der Waals surface area contributed by atoms with E-state index in [0.29, 0.717) is 5.82 Å². The molecule has 18 heavy (non-hydrogen) atoms. The number of aryl methyl sites for hydroxylation is 2. The molecule has 0 aliphatic heterocycles. The van der Waals surface area contributed by atoms with Crippen LogP contribution < -0.4 is 10.6 Å². The summed E-state index contributed by atoms with van der Waals surface area (Å²) in [4.78, 5) is 20.4. The molecular weight excluding hydrogens is 228 g/mol. The molecule has 0 saturated carbocycles. The normalized spacial score (nSPS) is 13.0. The van der Waals surface area contributed by atoms with Crippen molar-refractivity contribution < 1.29 is 4.79 Å². The zero-order valence-electron chi connectivity index (χ0n) is 12.0. The van der Waals surface area contributed by atoms with Crippen LogP contribution in [0.2, 0.25) is 0 Å². The second-order valence-electron chi connectivity index (χ2n) is 5.53. The molecule has 1 amide bonds. The molecule has 0 aromatic carbocycles. The van der Waals surface area contributed by atoms with E-state index in [1.165, 1.54) is 0 Å². The molecule has 0 fully saturated rings. The third-order valence-corrected chi connectivity index (χ3v) is 2.45. The molecule has 5 nitrogen and oxygen atoms in total. The number of carbonyl (C=O) groups is 1. The Hall–Kier alpha value is -1.65. The monoisotopic (exact) mass is 250 g/mol. The van der Waals surface area contributed by atoms with Crippen molar-refractivity contribution in [1.29, 1.82) is 0 Å². The minimum Gasteiger partial charge on any atom is -0.357 e. The van der Waals surface area contributed by atoms with Crippen molar-refractivity contribution in [3.63, 3.8) is 0 Å². The summed E-state index contributed by atoms with van der Waals surface area (Å²) in [5.41, 5.74) is 1.53. The summed E-state index contributed by atoms with van der Waals surface area (Å²) in [6.07, 6.45) is 1.64. The highest BCUT2D eigenvalue weighted by Gasteiger charge is 2.19. The zero-order chi connectivity index (χ0) is 13.9. The smallest absolute Gasteiger partial charge is 0.242 e. The van der Waals surface area contributed by atoms with Gasteiger partial charge < -0.3 is 10.6 Å². The summed E-state index contributed by atoms with van der Waals surface area (Å²) in [6, 6.07) is -0.347. The molecule has 1 rings (SSSR count). The Kier molecular flexibility index (Phi) is 4.27. The molecule has 0 radical (unpaired) electrons. The Morgan fingerprint density at radius 2 is 1.89 bits per heavy atom. The highest BCUT2D eigenvalue weighted by Crippen LogP contribution is 2.08. The van der Waals surface area contributed by atoms with Crippen molar-refractivity contribution in [1.82, 2.24) is 15.3 Å². The summed E-state index contributed by atoms with van der Waals surface area (Å²) in [5.74, 6) is 0.567. The van der Waals surface area contributed by atoms with Crippen molar-refractivity contribution >= 4 is 11.7 Å². The standard InChI is InChI=1S/C13H22N4O/c1-8-9(2)15-11(7-14-8)16-10(3)12(18)17-13(4,5)6/h7,10H,1-6H3,(H,15,16)(H,17,18). The SMILES string of the molecule is Cc1ncc(NC(C)C(=O)NC(C)(C)C)nc1C. The molecule has 1 atom stereocenters. The van der Waals surface area contributed by atoms with Gasteiger partial charge in [-0.3, -0.25) is 9.78 Å². The van der Waals surface area contributed by atoms with Crippen LogP contribution in [0.4, 0.5) is 5.82 Å². The molecule has 0 bridgehead atoms. The summed E-state index contributed by atoms with van der Waals surface area (Å²) in [5, 5.41) is 5.96. The molecule has 0 spiro atoms. The largest absolute Gasteiger partial charge is 0.357 e. The van der Waals surface area contributed by atoms with E-state index in [0.717, 1.165) is 11.4 Å². The molecule has 5 heteroatoms. The van der Waals surface area contributed by atoms with E-state index in [9.17, 15) is 4.79 Å². The highest BCUT2D eigenvalue weighted by molar-refractivity contribution is 5.84. The van der Waals surface area contributed by atoms with Gasteiger partial charge in [-0.05, 0) is 41.5 Å². The Bertz CT molecular complexity index is 437. The lowest BCUT2D eigenvalue weighted by molar-refractivity contribution is -0.122. The van der Waals surface area contributed by atoms with Gasteiger partial charge in [0.25, 0.3) is 0 Å². The summed E-state index contributed by atoms with van der Waals surface area (Å²) < 4.78 is 0. The number of hydrogen-bond donors (Lipinski definition) is 2. The molecule has 1 heterocycles. The summed E-state index contributed by atoms with van der Waals surface area (Å²) in [6.45, 7) is 11.5. The van der Waals surface area contributed by atoms with Gasteiger partial charge in [-0.15, -0.1) is 0 Å². The van der Waals surface area contributed by atoms with E-state index >= 15 is 0 Å². The van der Waals surface area contributed by atoms with Crippen molar-refractivity contribution in [2.24, 2.45) is 0 Å². The minimum atomic E-state index is -0.347. The van der Waals surface area contributed by atoms with Crippen LogP contribution in [0.3, 0.4) is 0 Å². The van der Waals surface area contributed by atoms with Crippen molar-refractivity contribution in [2.45, 2.75) is 53.1 Å². The summed E-state index contributed by atoms with van der Waals surface area (Å²) in [7, 11) is 0.